The second-order valence-electron chi connectivity index (χ2n) is 13.1. The molecule has 5 heteroatoms. The van der Waals surface area contributed by atoms with Crippen LogP contribution in [-0.4, -0.2) is 11.2 Å². The molecule has 0 amide bonds. The zero-order valence-corrected chi connectivity index (χ0v) is 29.7. The largest absolute Gasteiger partial charge is 0.489 e. The Bertz CT molecular complexity index is 1900. The second-order valence-corrected chi connectivity index (χ2v) is 13.1. The molecule has 0 aliphatic carbocycles. The Labute approximate surface area is 308 Å². The molecule has 0 radical (unpaired) electrons. The molecule has 0 fully saturated rings. The summed E-state index contributed by atoms with van der Waals surface area (Å²) in [4.78, 5) is 0. The minimum atomic E-state index is -0.404. The van der Waals surface area contributed by atoms with Gasteiger partial charge in [0.1, 0.15) is 49.4 Å². The molecule has 6 aromatic carbocycles. The van der Waals surface area contributed by atoms with Crippen LogP contribution in [0.2, 0.25) is 0 Å². The molecule has 0 heterocycles. The van der Waals surface area contributed by atoms with Crippen molar-refractivity contribution in [3.8, 4) is 23.0 Å². The molecule has 1 N–H and O–H groups in total. The van der Waals surface area contributed by atoms with Gasteiger partial charge >= 0.3 is 0 Å². The number of aliphatic hydroxyl groups is 1. The van der Waals surface area contributed by atoms with Crippen molar-refractivity contribution in [1.29, 1.82) is 0 Å². The number of unbranched alkanes of at least 4 members (excludes halogenated alkanes) is 1. The Hall–Kier alpha value is -5.52. The summed E-state index contributed by atoms with van der Waals surface area (Å²) in [6, 6.07) is 52.9. The topological polar surface area (TPSA) is 57.2 Å². The summed E-state index contributed by atoms with van der Waals surface area (Å²) in [5, 5.41) is 11.0. The van der Waals surface area contributed by atoms with Gasteiger partial charge in [0.25, 0.3) is 0 Å². The molecule has 0 saturated heterocycles. The predicted octanol–water partition coefficient (Wildman–Crippen LogP) is 10.7. The highest BCUT2D eigenvalue weighted by molar-refractivity contribution is 5.42. The number of hydrogen-bond acceptors (Lipinski definition) is 5. The normalized spacial score (nSPS) is 11.5. The van der Waals surface area contributed by atoms with Crippen LogP contribution in [-0.2, 0) is 39.3 Å². The maximum absolute atomic E-state index is 11.0. The third-order valence-corrected chi connectivity index (χ3v) is 9.03. The van der Waals surface area contributed by atoms with Gasteiger partial charge < -0.3 is 24.1 Å². The monoisotopic (exact) mass is 692 g/mol. The van der Waals surface area contributed by atoms with Crippen molar-refractivity contribution in [2.45, 2.75) is 71.1 Å². The average Bonchev–Trinajstić information content (AvgIpc) is 3.20. The standard InChI is InChI=1S/C47H48O5/c48-43(28-25-42-27-30-45(50-34-38-17-7-2-8-18-38)32-47(42)52-36-40-21-11-4-12-22-40)24-14-13-23-41-26-29-44(49-33-37-15-5-1-6-16-37)31-46(41)51-35-39-19-9-3-10-20-39/h1-12,15-22,26-27,29-32,43,48H,13-14,23-25,28,33-36H2. The van der Waals surface area contributed by atoms with Gasteiger partial charge in [-0.25, -0.2) is 0 Å². The first-order chi connectivity index (χ1) is 25.7. The minimum Gasteiger partial charge on any atom is -0.489 e. The summed E-state index contributed by atoms with van der Waals surface area (Å²) in [5.74, 6) is 3.18. The molecule has 6 aromatic rings. The van der Waals surface area contributed by atoms with Crippen LogP contribution in [0.4, 0.5) is 0 Å². The molecule has 52 heavy (non-hydrogen) atoms. The fourth-order valence-electron chi connectivity index (χ4n) is 6.05. The van der Waals surface area contributed by atoms with Gasteiger partial charge in [0, 0.05) is 12.1 Å². The van der Waals surface area contributed by atoms with Gasteiger partial charge in [-0.3, -0.25) is 0 Å². The molecule has 0 bridgehead atoms. The van der Waals surface area contributed by atoms with Gasteiger partial charge in [-0.15, -0.1) is 0 Å². The smallest absolute Gasteiger partial charge is 0.126 e. The fourth-order valence-corrected chi connectivity index (χ4v) is 6.05. The van der Waals surface area contributed by atoms with E-state index in [2.05, 4.69) is 60.7 Å². The average molecular weight is 693 g/mol. The number of hydrogen-bond donors (Lipinski definition) is 1. The van der Waals surface area contributed by atoms with E-state index in [-0.39, 0.29) is 0 Å². The first-order valence-electron chi connectivity index (χ1n) is 18.3. The van der Waals surface area contributed by atoms with Crippen molar-refractivity contribution in [2.24, 2.45) is 0 Å². The number of aliphatic hydroxyl groups excluding tert-OH is 1. The molecule has 0 spiro atoms. The second kappa shape index (κ2) is 19.8. The highest BCUT2D eigenvalue weighted by Gasteiger charge is 2.13. The van der Waals surface area contributed by atoms with E-state index < -0.39 is 6.10 Å². The van der Waals surface area contributed by atoms with Gasteiger partial charge in [0.2, 0.25) is 0 Å². The van der Waals surface area contributed by atoms with Gasteiger partial charge in [0.05, 0.1) is 6.10 Å². The van der Waals surface area contributed by atoms with Crippen LogP contribution < -0.4 is 18.9 Å². The first-order valence-corrected chi connectivity index (χ1v) is 18.3. The Kier molecular flexibility index (Phi) is 13.8. The van der Waals surface area contributed by atoms with Gasteiger partial charge in [-0.1, -0.05) is 140 Å². The Morgan fingerprint density at radius 1 is 0.385 bits per heavy atom. The molecule has 6 rings (SSSR count). The van der Waals surface area contributed by atoms with Crippen LogP contribution in [0.5, 0.6) is 23.0 Å². The number of benzene rings is 6. The van der Waals surface area contributed by atoms with Crippen molar-refractivity contribution < 1.29 is 24.1 Å². The van der Waals surface area contributed by atoms with E-state index in [9.17, 15) is 5.11 Å². The molecule has 0 aliphatic heterocycles. The quantitative estimate of drug-likeness (QED) is 0.0807. The number of aryl methyl sites for hydroxylation is 2. The fraction of sp³-hybridized carbons (Fsp3) is 0.234. The lowest BCUT2D eigenvalue weighted by molar-refractivity contribution is 0.151. The van der Waals surface area contributed by atoms with E-state index in [1.807, 2.05) is 97.1 Å². The molecule has 1 atom stereocenters. The molecular formula is C47H48O5. The van der Waals surface area contributed by atoms with Gasteiger partial charge in [0.15, 0.2) is 0 Å². The van der Waals surface area contributed by atoms with Crippen LogP contribution in [0, 0.1) is 0 Å². The van der Waals surface area contributed by atoms with Crippen molar-refractivity contribution in [1.82, 2.24) is 0 Å². The molecule has 0 aliphatic rings. The highest BCUT2D eigenvalue weighted by Crippen LogP contribution is 2.30. The molecule has 0 saturated carbocycles. The van der Waals surface area contributed by atoms with Crippen molar-refractivity contribution in [3.05, 3.63) is 191 Å². The number of ether oxygens (including phenoxy) is 4. The summed E-state index contributed by atoms with van der Waals surface area (Å²) in [5.41, 5.74) is 6.67. The summed E-state index contributed by atoms with van der Waals surface area (Å²) in [6.07, 6.45) is 4.42. The number of rotatable bonds is 20. The van der Waals surface area contributed by atoms with Crippen molar-refractivity contribution >= 4 is 0 Å². The minimum absolute atomic E-state index is 0.404. The van der Waals surface area contributed by atoms with E-state index in [1.54, 1.807) is 0 Å². The Morgan fingerprint density at radius 3 is 1.19 bits per heavy atom. The highest BCUT2D eigenvalue weighted by atomic mass is 16.5. The SMILES string of the molecule is OC(CCCCc1ccc(OCc2ccccc2)cc1OCc1ccccc1)CCc1ccc(OCc2ccccc2)cc1OCc1ccccc1. The lowest BCUT2D eigenvalue weighted by atomic mass is 10.00. The van der Waals surface area contributed by atoms with Crippen LogP contribution >= 0.6 is 0 Å². The summed E-state index contributed by atoms with van der Waals surface area (Å²) in [7, 11) is 0. The molecule has 0 aromatic heterocycles. The lowest BCUT2D eigenvalue weighted by Gasteiger charge is -2.16. The van der Waals surface area contributed by atoms with E-state index in [0.717, 1.165) is 82.1 Å². The Morgan fingerprint density at radius 2 is 0.769 bits per heavy atom. The summed E-state index contributed by atoms with van der Waals surface area (Å²) >= 11 is 0. The van der Waals surface area contributed by atoms with Crippen molar-refractivity contribution in [3.63, 3.8) is 0 Å². The van der Waals surface area contributed by atoms with Crippen LogP contribution in [0.15, 0.2) is 158 Å². The van der Waals surface area contributed by atoms with Crippen LogP contribution in [0.1, 0.15) is 59.1 Å². The third-order valence-electron chi connectivity index (χ3n) is 9.03. The zero-order chi connectivity index (χ0) is 35.6. The lowest BCUT2D eigenvalue weighted by Crippen LogP contribution is -2.09. The summed E-state index contributed by atoms with van der Waals surface area (Å²) in [6.45, 7) is 1.95. The van der Waals surface area contributed by atoms with Crippen LogP contribution in [0.25, 0.3) is 0 Å². The zero-order valence-electron chi connectivity index (χ0n) is 29.7. The van der Waals surface area contributed by atoms with E-state index in [1.165, 1.54) is 0 Å². The maximum Gasteiger partial charge on any atom is 0.126 e. The molecule has 1 unspecified atom stereocenters. The summed E-state index contributed by atoms with van der Waals surface area (Å²) < 4.78 is 24.9. The van der Waals surface area contributed by atoms with E-state index >= 15 is 0 Å². The first kappa shape index (κ1) is 36.3. The van der Waals surface area contributed by atoms with Crippen molar-refractivity contribution in [2.75, 3.05) is 0 Å². The molecule has 266 valence electrons. The molecule has 5 nitrogen and oxygen atoms in total. The van der Waals surface area contributed by atoms with Gasteiger partial charge in [-0.2, -0.15) is 0 Å². The Balaban J connectivity index is 1.02. The van der Waals surface area contributed by atoms with E-state index in [0.29, 0.717) is 39.3 Å². The maximum atomic E-state index is 11.0. The van der Waals surface area contributed by atoms with Crippen LogP contribution in [0.3, 0.4) is 0 Å². The van der Waals surface area contributed by atoms with E-state index in [4.69, 9.17) is 18.9 Å². The predicted molar refractivity (Wildman–Crippen MR) is 208 cm³/mol. The van der Waals surface area contributed by atoms with Gasteiger partial charge in [-0.05, 0) is 77.6 Å². The third kappa shape index (κ3) is 11.8. The molecular weight excluding hydrogens is 645 g/mol.